The Balaban J connectivity index is 1.86. The Morgan fingerprint density at radius 1 is 1.07 bits per heavy atom. The van der Waals surface area contributed by atoms with Crippen LogP contribution in [-0.2, 0) is 0 Å². The summed E-state index contributed by atoms with van der Waals surface area (Å²) in [5.74, 6) is 0.123. The van der Waals surface area contributed by atoms with E-state index >= 15 is 0 Å². The van der Waals surface area contributed by atoms with E-state index in [0.717, 1.165) is 15.4 Å². The second-order valence-corrected chi connectivity index (χ2v) is 7.18. The fraction of sp³-hybridized carbons (Fsp3) is 0.0455. The lowest BCUT2D eigenvalue weighted by Gasteiger charge is -2.07. The SMILES string of the molecule is Cc1ccc(N=c2oc3ccc(Br)cc3cc2C(=O)Nc2ccccn2)cc1. The number of amides is 1. The molecule has 0 saturated heterocycles. The number of nitrogens with one attached hydrogen (secondary N) is 1. The number of carbonyl (C=O) groups is 1. The molecule has 0 saturated carbocycles. The maximum Gasteiger partial charge on any atom is 0.262 e. The molecule has 2 aromatic heterocycles. The van der Waals surface area contributed by atoms with Crippen molar-refractivity contribution in [2.75, 3.05) is 5.32 Å². The number of aryl methyl sites for hydroxylation is 1. The van der Waals surface area contributed by atoms with Gasteiger partial charge in [-0.15, -0.1) is 0 Å². The third kappa shape index (κ3) is 4.02. The predicted octanol–water partition coefficient (Wildman–Crippen LogP) is 5.38. The van der Waals surface area contributed by atoms with Gasteiger partial charge in [0.15, 0.2) is 0 Å². The summed E-state index contributed by atoms with van der Waals surface area (Å²) in [5, 5.41) is 3.59. The largest absolute Gasteiger partial charge is 0.438 e. The zero-order valence-corrected chi connectivity index (χ0v) is 16.6. The predicted molar refractivity (Wildman–Crippen MR) is 113 cm³/mol. The number of hydrogen-bond donors (Lipinski definition) is 1. The lowest BCUT2D eigenvalue weighted by Crippen LogP contribution is -2.22. The molecule has 1 amide bonds. The molecule has 0 aliphatic heterocycles. The van der Waals surface area contributed by atoms with Crippen LogP contribution in [0.15, 0.2) is 86.8 Å². The molecule has 0 fully saturated rings. The summed E-state index contributed by atoms with van der Waals surface area (Å²) < 4.78 is 6.87. The smallest absolute Gasteiger partial charge is 0.262 e. The van der Waals surface area contributed by atoms with Crippen molar-refractivity contribution in [2.24, 2.45) is 4.99 Å². The average molecular weight is 434 g/mol. The van der Waals surface area contributed by atoms with Crippen LogP contribution >= 0.6 is 15.9 Å². The molecule has 0 spiro atoms. The topological polar surface area (TPSA) is 67.5 Å². The Hall–Kier alpha value is -3.25. The maximum absolute atomic E-state index is 12.9. The molecule has 1 N–H and O–H groups in total. The number of hydrogen-bond acceptors (Lipinski definition) is 4. The minimum atomic E-state index is -0.338. The van der Waals surface area contributed by atoms with Gasteiger partial charge >= 0.3 is 0 Å². The van der Waals surface area contributed by atoms with E-state index in [2.05, 4.69) is 31.2 Å². The minimum absolute atomic E-state index is 0.243. The Bertz CT molecular complexity index is 1220. The summed E-state index contributed by atoms with van der Waals surface area (Å²) in [5.41, 5.74) is 3.05. The van der Waals surface area contributed by atoms with Crippen LogP contribution in [0, 0.1) is 6.92 Å². The molecule has 0 aliphatic carbocycles. The van der Waals surface area contributed by atoms with Crippen LogP contribution in [0.5, 0.6) is 0 Å². The number of pyridine rings is 1. The van der Waals surface area contributed by atoms with Crippen LogP contribution < -0.4 is 10.9 Å². The van der Waals surface area contributed by atoms with E-state index in [-0.39, 0.29) is 11.5 Å². The molecule has 0 unspecified atom stereocenters. The molecule has 0 aliphatic rings. The quantitative estimate of drug-likeness (QED) is 0.471. The molecule has 4 rings (SSSR count). The van der Waals surface area contributed by atoms with E-state index in [0.29, 0.717) is 22.7 Å². The van der Waals surface area contributed by atoms with E-state index in [1.165, 1.54) is 0 Å². The summed E-state index contributed by atoms with van der Waals surface area (Å²) in [7, 11) is 0. The molecule has 0 radical (unpaired) electrons. The highest BCUT2D eigenvalue weighted by atomic mass is 79.9. The Labute approximate surface area is 169 Å². The van der Waals surface area contributed by atoms with Crippen molar-refractivity contribution in [3.05, 3.63) is 94.1 Å². The number of carbonyl (C=O) groups excluding carboxylic acids is 1. The van der Waals surface area contributed by atoms with Crippen molar-refractivity contribution in [1.82, 2.24) is 4.98 Å². The third-order valence-corrected chi connectivity index (χ3v) is 4.62. The van der Waals surface area contributed by atoms with Gasteiger partial charge in [0.05, 0.1) is 5.69 Å². The lowest BCUT2D eigenvalue weighted by atomic mass is 10.1. The van der Waals surface area contributed by atoms with Crippen molar-refractivity contribution in [3.63, 3.8) is 0 Å². The van der Waals surface area contributed by atoms with Crippen LogP contribution in [0.25, 0.3) is 11.0 Å². The zero-order chi connectivity index (χ0) is 19.5. The molecule has 0 atom stereocenters. The molecule has 28 heavy (non-hydrogen) atoms. The van der Waals surface area contributed by atoms with Crippen LogP contribution in [0.1, 0.15) is 15.9 Å². The number of halogens is 1. The van der Waals surface area contributed by atoms with Crippen LogP contribution in [0.2, 0.25) is 0 Å². The van der Waals surface area contributed by atoms with Crippen molar-refractivity contribution >= 4 is 44.3 Å². The third-order valence-electron chi connectivity index (χ3n) is 4.12. The van der Waals surface area contributed by atoms with Gasteiger partial charge in [-0.2, -0.15) is 0 Å². The van der Waals surface area contributed by atoms with Crippen molar-refractivity contribution in [2.45, 2.75) is 6.92 Å². The van der Waals surface area contributed by atoms with Crippen LogP contribution in [0.3, 0.4) is 0 Å². The first-order chi connectivity index (χ1) is 13.6. The molecule has 6 heteroatoms. The monoisotopic (exact) mass is 433 g/mol. The minimum Gasteiger partial charge on any atom is -0.438 e. The Morgan fingerprint density at radius 3 is 2.64 bits per heavy atom. The first-order valence-electron chi connectivity index (χ1n) is 8.66. The molecule has 138 valence electrons. The van der Waals surface area contributed by atoms with Gasteiger partial charge in [0.25, 0.3) is 5.91 Å². The van der Waals surface area contributed by atoms with Gasteiger partial charge in [0, 0.05) is 16.1 Å². The maximum atomic E-state index is 12.9. The second-order valence-electron chi connectivity index (χ2n) is 6.26. The van der Waals surface area contributed by atoms with E-state index in [1.54, 1.807) is 24.4 Å². The van der Waals surface area contributed by atoms with Crippen molar-refractivity contribution in [3.8, 4) is 0 Å². The Morgan fingerprint density at radius 2 is 1.89 bits per heavy atom. The average Bonchev–Trinajstić information content (AvgIpc) is 2.70. The summed E-state index contributed by atoms with van der Waals surface area (Å²) in [6.07, 6.45) is 1.62. The molecule has 0 bridgehead atoms. The highest BCUT2D eigenvalue weighted by molar-refractivity contribution is 9.10. The van der Waals surface area contributed by atoms with Gasteiger partial charge < -0.3 is 9.73 Å². The van der Waals surface area contributed by atoms with Gasteiger partial charge in [0.2, 0.25) is 5.55 Å². The lowest BCUT2D eigenvalue weighted by molar-refractivity contribution is 0.102. The highest BCUT2D eigenvalue weighted by Crippen LogP contribution is 2.20. The highest BCUT2D eigenvalue weighted by Gasteiger charge is 2.14. The summed E-state index contributed by atoms with van der Waals surface area (Å²) in [6.45, 7) is 2.01. The van der Waals surface area contributed by atoms with Crippen LogP contribution in [-0.4, -0.2) is 10.9 Å². The van der Waals surface area contributed by atoms with Crippen molar-refractivity contribution in [1.29, 1.82) is 0 Å². The number of anilines is 1. The fourth-order valence-corrected chi connectivity index (χ4v) is 3.08. The van der Waals surface area contributed by atoms with Crippen molar-refractivity contribution < 1.29 is 9.21 Å². The standard InChI is InChI=1S/C22H16BrN3O2/c1-14-5-8-17(9-6-14)25-22-18(21(27)26-20-4-2-3-11-24-20)13-15-12-16(23)7-10-19(15)28-22/h2-13H,1H3,(H,24,26,27). The van der Waals surface area contributed by atoms with Crippen LogP contribution in [0.4, 0.5) is 11.5 Å². The first-order valence-corrected chi connectivity index (χ1v) is 9.45. The summed E-state index contributed by atoms with van der Waals surface area (Å²) in [6, 6.07) is 20.4. The van der Waals surface area contributed by atoms with E-state index < -0.39 is 0 Å². The molecule has 5 nitrogen and oxygen atoms in total. The second kappa shape index (κ2) is 7.78. The number of fused-ring (bicyclic) bond motifs is 1. The Kier molecular flexibility index (Phi) is 5.04. The number of rotatable bonds is 3. The number of benzene rings is 2. The molecular weight excluding hydrogens is 418 g/mol. The van der Waals surface area contributed by atoms with Gasteiger partial charge in [0.1, 0.15) is 17.0 Å². The molecular formula is C22H16BrN3O2. The molecule has 2 aromatic carbocycles. The van der Waals surface area contributed by atoms with Gasteiger partial charge in [-0.1, -0.05) is 39.7 Å². The summed E-state index contributed by atoms with van der Waals surface area (Å²) >= 11 is 3.45. The number of nitrogens with zero attached hydrogens (tertiary/aromatic N) is 2. The van der Waals surface area contributed by atoms with E-state index in [9.17, 15) is 4.79 Å². The normalized spacial score (nSPS) is 11.6. The van der Waals surface area contributed by atoms with Gasteiger partial charge in [-0.3, -0.25) is 4.79 Å². The zero-order valence-electron chi connectivity index (χ0n) is 15.0. The first kappa shape index (κ1) is 18.1. The van der Waals surface area contributed by atoms with E-state index in [4.69, 9.17) is 4.42 Å². The van der Waals surface area contributed by atoms with E-state index in [1.807, 2.05) is 55.5 Å². The summed E-state index contributed by atoms with van der Waals surface area (Å²) in [4.78, 5) is 21.6. The van der Waals surface area contributed by atoms with Gasteiger partial charge in [-0.25, -0.2) is 9.98 Å². The number of aromatic nitrogens is 1. The fourth-order valence-electron chi connectivity index (χ4n) is 2.70. The van der Waals surface area contributed by atoms with Gasteiger partial charge in [-0.05, 0) is 55.5 Å². The molecule has 2 heterocycles. The molecule has 4 aromatic rings.